The zero-order valence-electron chi connectivity index (χ0n) is 22.5. The summed E-state index contributed by atoms with van der Waals surface area (Å²) in [6, 6.07) is 17.0. The molecule has 0 unspecified atom stereocenters. The van der Waals surface area contributed by atoms with Crippen molar-refractivity contribution in [3.8, 4) is 17.0 Å². The third-order valence-corrected chi connectivity index (χ3v) is 7.77. The summed E-state index contributed by atoms with van der Waals surface area (Å²) in [5.74, 6) is -0.712. The maximum Gasteiger partial charge on any atom is 0.223 e. The number of nitrogens with zero attached hydrogens (tertiary/aromatic N) is 1. The van der Waals surface area contributed by atoms with E-state index in [0.29, 0.717) is 24.3 Å². The van der Waals surface area contributed by atoms with Crippen LogP contribution in [-0.2, 0) is 17.6 Å². The fraction of sp³-hybridized carbons (Fsp3) is 0.419. The van der Waals surface area contributed by atoms with Crippen molar-refractivity contribution in [2.75, 3.05) is 7.11 Å². The predicted octanol–water partition coefficient (Wildman–Crippen LogP) is 3.65. The molecule has 0 aliphatic heterocycles. The number of pyridine rings is 1. The van der Waals surface area contributed by atoms with Gasteiger partial charge in [0.25, 0.3) is 0 Å². The molecule has 5 N–H and O–H groups in total. The Bertz CT molecular complexity index is 1210. The Morgan fingerprint density at radius 1 is 1.10 bits per heavy atom. The number of hydrogen-bond acceptors (Lipinski definition) is 6. The van der Waals surface area contributed by atoms with Crippen molar-refractivity contribution >= 4 is 5.91 Å². The largest absolute Gasteiger partial charge is 0.481 e. The molecule has 1 amide bonds. The molecule has 7 nitrogen and oxygen atoms in total. The van der Waals surface area contributed by atoms with Crippen LogP contribution >= 0.6 is 0 Å². The van der Waals surface area contributed by atoms with Crippen LogP contribution in [0.15, 0.2) is 66.9 Å². The normalized spacial score (nSPS) is 21.2. The van der Waals surface area contributed by atoms with Gasteiger partial charge in [-0.05, 0) is 66.8 Å². The molecule has 39 heavy (non-hydrogen) atoms. The number of halogens is 1. The predicted molar refractivity (Wildman–Crippen MR) is 148 cm³/mol. The standard InChI is InChI=1S/C31H38FN3O4/c1-19-7-13-27(36)30(19)35-31(38)24(16-22-5-3-4-6-25(22)32)17-28(37)26(33)15-20-8-10-21(11-9-20)23-12-14-29(39-2)34-18-23/h3-6,8-12,14,18-19,24,26-28,30,36-37H,7,13,15-17,33H2,1-2H3,(H,35,38)/t19-,24-,26+,27-,28+,30+/m1/s1. The minimum Gasteiger partial charge on any atom is -0.481 e. The quantitative estimate of drug-likeness (QED) is 0.298. The minimum absolute atomic E-state index is 0.0775. The van der Waals surface area contributed by atoms with Crippen molar-refractivity contribution in [2.45, 2.75) is 63.3 Å². The SMILES string of the molecule is COc1ccc(-c2ccc(C[C@H](N)[C@@H](O)C[C@@H](Cc3ccccc3F)C(=O)N[C@H]3[C@H](C)CC[C@H]3O)cc2)cn1. The summed E-state index contributed by atoms with van der Waals surface area (Å²) in [5.41, 5.74) is 9.69. The molecular weight excluding hydrogens is 497 g/mol. The molecule has 2 aromatic carbocycles. The first-order chi connectivity index (χ1) is 18.7. The van der Waals surface area contributed by atoms with Crippen LogP contribution < -0.4 is 15.8 Å². The number of nitrogens with two attached hydrogens (primary N) is 1. The van der Waals surface area contributed by atoms with Gasteiger partial charge in [0.15, 0.2) is 0 Å². The molecule has 1 aliphatic rings. The van der Waals surface area contributed by atoms with Gasteiger partial charge in [-0.25, -0.2) is 9.37 Å². The second-order valence-corrected chi connectivity index (χ2v) is 10.6. The third kappa shape index (κ3) is 7.41. The zero-order valence-corrected chi connectivity index (χ0v) is 22.5. The number of amides is 1. The van der Waals surface area contributed by atoms with E-state index < -0.39 is 30.0 Å². The Kier molecular flexibility index (Phi) is 9.67. The van der Waals surface area contributed by atoms with E-state index >= 15 is 0 Å². The molecule has 4 rings (SSSR count). The molecule has 1 aliphatic carbocycles. The van der Waals surface area contributed by atoms with E-state index in [1.165, 1.54) is 6.07 Å². The van der Waals surface area contributed by atoms with Gasteiger partial charge in [0.05, 0.1) is 25.4 Å². The summed E-state index contributed by atoms with van der Waals surface area (Å²) < 4.78 is 19.6. The zero-order chi connectivity index (χ0) is 27.9. The number of aromatic nitrogens is 1. The number of hydrogen-bond donors (Lipinski definition) is 4. The smallest absolute Gasteiger partial charge is 0.223 e. The van der Waals surface area contributed by atoms with Gasteiger partial charge in [0.2, 0.25) is 11.8 Å². The van der Waals surface area contributed by atoms with Crippen LogP contribution in [0.5, 0.6) is 5.88 Å². The third-order valence-electron chi connectivity index (χ3n) is 7.77. The highest BCUT2D eigenvalue weighted by molar-refractivity contribution is 5.79. The van der Waals surface area contributed by atoms with Crippen molar-refractivity contribution < 1.29 is 24.1 Å². The lowest BCUT2D eigenvalue weighted by molar-refractivity contribution is -0.127. The van der Waals surface area contributed by atoms with Gasteiger partial charge < -0.3 is 26.0 Å². The molecule has 0 bridgehead atoms. The van der Waals surface area contributed by atoms with Crippen LogP contribution in [0.25, 0.3) is 11.1 Å². The van der Waals surface area contributed by atoms with Gasteiger partial charge in [-0.1, -0.05) is 49.4 Å². The summed E-state index contributed by atoms with van der Waals surface area (Å²) in [4.78, 5) is 17.6. The van der Waals surface area contributed by atoms with Gasteiger partial charge in [0, 0.05) is 29.8 Å². The Morgan fingerprint density at radius 3 is 2.44 bits per heavy atom. The second-order valence-electron chi connectivity index (χ2n) is 10.6. The molecular formula is C31H38FN3O4. The number of aliphatic hydroxyl groups is 2. The summed E-state index contributed by atoms with van der Waals surface area (Å²) in [6.07, 6.45) is 2.23. The van der Waals surface area contributed by atoms with Crippen LogP contribution in [-0.4, -0.2) is 52.5 Å². The highest BCUT2D eigenvalue weighted by Crippen LogP contribution is 2.27. The monoisotopic (exact) mass is 535 g/mol. The Hall–Kier alpha value is -3.33. The van der Waals surface area contributed by atoms with E-state index in [1.807, 2.05) is 37.3 Å². The summed E-state index contributed by atoms with van der Waals surface area (Å²) in [6.45, 7) is 1.99. The number of rotatable bonds is 11. The summed E-state index contributed by atoms with van der Waals surface area (Å²) in [7, 11) is 1.57. The number of aliphatic hydroxyl groups excluding tert-OH is 2. The van der Waals surface area contributed by atoms with Gasteiger partial charge in [-0.3, -0.25) is 4.79 Å². The molecule has 1 fully saturated rings. The molecule has 8 heteroatoms. The molecule has 0 spiro atoms. The van der Waals surface area contributed by atoms with Gasteiger partial charge in [-0.15, -0.1) is 0 Å². The molecule has 0 saturated heterocycles. The molecule has 3 aromatic rings. The first-order valence-corrected chi connectivity index (χ1v) is 13.5. The average molecular weight is 536 g/mol. The fourth-order valence-corrected chi connectivity index (χ4v) is 5.28. The molecule has 1 heterocycles. The second kappa shape index (κ2) is 13.2. The highest BCUT2D eigenvalue weighted by atomic mass is 19.1. The van der Waals surface area contributed by atoms with E-state index in [2.05, 4.69) is 10.3 Å². The topological polar surface area (TPSA) is 118 Å². The van der Waals surface area contributed by atoms with Crippen molar-refractivity contribution in [3.63, 3.8) is 0 Å². The summed E-state index contributed by atoms with van der Waals surface area (Å²) in [5, 5.41) is 24.3. The Balaban J connectivity index is 1.42. The maximum atomic E-state index is 14.4. The van der Waals surface area contributed by atoms with E-state index in [-0.39, 0.29) is 30.7 Å². The molecule has 0 radical (unpaired) electrons. The number of nitrogens with one attached hydrogen (secondary N) is 1. The Labute approximate surface area is 229 Å². The number of carbonyl (C=O) groups excluding carboxylic acids is 1. The minimum atomic E-state index is -0.982. The molecule has 208 valence electrons. The molecule has 6 atom stereocenters. The molecule has 1 saturated carbocycles. The van der Waals surface area contributed by atoms with Crippen LogP contribution in [0.4, 0.5) is 4.39 Å². The van der Waals surface area contributed by atoms with Crippen LogP contribution in [0.1, 0.15) is 37.3 Å². The summed E-state index contributed by atoms with van der Waals surface area (Å²) >= 11 is 0. The van der Waals surface area contributed by atoms with Gasteiger partial charge in [0.1, 0.15) is 5.82 Å². The lowest BCUT2D eigenvalue weighted by Crippen LogP contribution is -2.48. The van der Waals surface area contributed by atoms with Gasteiger partial charge >= 0.3 is 0 Å². The van der Waals surface area contributed by atoms with E-state index in [1.54, 1.807) is 37.6 Å². The fourth-order valence-electron chi connectivity index (χ4n) is 5.28. The van der Waals surface area contributed by atoms with Crippen molar-refractivity contribution in [1.29, 1.82) is 0 Å². The Morgan fingerprint density at radius 2 is 1.82 bits per heavy atom. The lowest BCUT2D eigenvalue weighted by atomic mass is 9.88. The number of benzene rings is 2. The first-order valence-electron chi connectivity index (χ1n) is 13.5. The first kappa shape index (κ1) is 28.7. The van der Waals surface area contributed by atoms with E-state index in [4.69, 9.17) is 10.5 Å². The van der Waals surface area contributed by atoms with Crippen LogP contribution in [0, 0.1) is 17.7 Å². The lowest BCUT2D eigenvalue weighted by Gasteiger charge is -2.27. The van der Waals surface area contributed by atoms with Crippen molar-refractivity contribution in [3.05, 3.63) is 83.8 Å². The number of ether oxygens (including phenoxy) is 1. The van der Waals surface area contributed by atoms with Crippen LogP contribution in [0.3, 0.4) is 0 Å². The molecule has 1 aromatic heterocycles. The van der Waals surface area contributed by atoms with E-state index in [9.17, 15) is 19.4 Å². The average Bonchev–Trinajstić information content (AvgIpc) is 3.26. The highest BCUT2D eigenvalue weighted by Gasteiger charge is 2.35. The number of carbonyl (C=O) groups is 1. The maximum absolute atomic E-state index is 14.4. The van der Waals surface area contributed by atoms with E-state index in [0.717, 1.165) is 23.1 Å². The van der Waals surface area contributed by atoms with Crippen LogP contribution in [0.2, 0.25) is 0 Å². The van der Waals surface area contributed by atoms with Crippen molar-refractivity contribution in [2.24, 2.45) is 17.6 Å². The van der Waals surface area contributed by atoms with Crippen molar-refractivity contribution in [1.82, 2.24) is 10.3 Å². The number of methoxy groups -OCH3 is 1. The van der Waals surface area contributed by atoms with Gasteiger partial charge in [-0.2, -0.15) is 0 Å².